The van der Waals surface area contributed by atoms with E-state index >= 15 is 0 Å². The van der Waals surface area contributed by atoms with Gasteiger partial charge < -0.3 is 20.5 Å². The van der Waals surface area contributed by atoms with Gasteiger partial charge in [-0.25, -0.2) is 4.79 Å². The van der Waals surface area contributed by atoms with Crippen LogP contribution in [0.3, 0.4) is 0 Å². The maximum atomic E-state index is 12.0. The molecular weight excluding hydrogens is 350 g/mol. The van der Waals surface area contributed by atoms with Crippen LogP contribution in [0.1, 0.15) is 37.6 Å². The number of rotatable bonds is 9. The molecular formula is C19H26N3O5+. The molecule has 0 bridgehead atoms. The molecule has 0 aliphatic rings. The van der Waals surface area contributed by atoms with Gasteiger partial charge in [-0.05, 0) is 33.3 Å². The van der Waals surface area contributed by atoms with E-state index in [4.69, 9.17) is 9.84 Å². The number of alkyl carbamates (subject to hydrolysis) is 1. The molecule has 27 heavy (non-hydrogen) atoms. The van der Waals surface area contributed by atoms with Crippen molar-refractivity contribution in [2.75, 3.05) is 0 Å². The Morgan fingerprint density at radius 1 is 1.33 bits per heavy atom. The Labute approximate surface area is 158 Å². The molecule has 3 N–H and O–H groups in total. The number of carbonyl (C=O) groups excluding carboxylic acids is 2. The smallest absolute Gasteiger partial charge is 0.412 e. The van der Waals surface area contributed by atoms with Crippen molar-refractivity contribution in [3.8, 4) is 0 Å². The van der Waals surface area contributed by atoms with E-state index in [1.807, 2.05) is 26.0 Å². The fourth-order valence-electron chi connectivity index (χ4n) is 2.20. The highest BCUT2D eigenvalue weighted by Crippen LogP contribution is 2.04. The van der Waals surface area contributed by atoms with Gasteiger partial charge in [0.25, 0.3) is 12.6 Å². The number of hydrogen-bond donors (Lipinski definition) is 3. The number of carbonyl (C=O) groups is 3. The fourth-order valence-corrected chi connectivity index (χ4v) is 2.20. The van der Waals surface area contributed by atoms with Crippen molar-refractivity contribution in [1.82, 2.24) is 10.6 Å². The lowest BCUT2D eigenvalue weighted by Gasteiger charge is -2.13. The first-order valence-electron chi connectivity index (χ1n) is 8.49. The van der Waals surface area contributed by atoms with Crippen LogP contribution in [0.2, 0.25) is 0 Å². The van der Waals surface area contributed by atoms with Crippen LogP contribution in [0, 0.1) is 0 Å². The second-order valence-corrected chi connectivity index (χ2v) is 6.11. The van der Waals surface area contributed by atoms with Crippen molar-refractivity contribution in [2.24, 2.45) is 0 Å². The van der Waals surface area contributed by atoms with Gasteiger partial charge in [-0.2, -0.15) is 4.57 Å². The van der Waals surface area contributed by atoms with E-state index in [2.05, 4.69) is 17.2 Å². The van der Waals surface area contributed by atoms with Crippen molar-refractivity contribution in [2.45, 2.75) is 46.0 Å². The van der Waals surface area contributed by atoms with Crippen molar-refractivity contribution in [3.05, 3.63) is 54.4 Å². The van der Waals surface area contributed by atoms with Gasteiger partial charge in [-0.3, -0.25) is 9.59 Å². The Kier molecular flexibility index (Phi) is 8.71. The van der Waals surface area contributed by atoms with Crippen LogP contribution in [-0.4, -0.2) is 35.2 Å². The molecule has 0 saturated carbocycles. The minimum Gasteiger partial charge on any atom is -0.480 e. The maximum absolute atomic E-state index is 12.0. The van der Waals surface area contributed by atoms with E-state index in [9.17, 15) is 14.4 Å². The normalized spacial score (nSPS) is 12.9. The molecule has 0 aliphatic carbocycles. The van der Waals surface area contributed by atoms with Gasteiger partial charge in [-0.1, -0.05) is 24.3 Å². The quantitative estimate of drug-likeness (QED) is 0.450. The number of aromatic nitrogens is 1. The average molecular weight is 376 g/mol. The summed E-state index contributed by atoms with van der Waals surface area (Å²) in [7, 11) is 0. The van der Waals surface area contributed by atoms with E-state index < -0.39 is 24.0 Å². The summed E-state index contributed by atoms with van der Waals surface area (Å²) in [6, 6.07) is 1.99. The SMILES string of the molecule is C=C(/C=C\C)C[C@H](C)NC(=O)OC[n+]1cccc(C(=O)N[C@@H](C)C(=O)O)c1. The van der Waals surface area contributed by atoms with Gasteiger partial charge in [0.15, 0.2) is 12.4 Å². The molecule has 0 fully saturated rings. The zero-order valence-electron chi connectivity index (χ0n) is 15.8. The topological polar surface area (TPSA) is 109 Å². The number of nitrogens with zero attached hydrogens (tertiary/aromatic N) is 1. The average Bonchev–Trinajstić information content (AvgIpc) is 2.60. The summed E-state index contributed by atoms with van der Waals surface area (Å²) in [6.45, 7) is 8.90. The van der Waals surface area contributed by atoms with Gasteiger partial charge in [0.1, 0.15) is 11.6 Å². The summed E-state index contributed by atoms with van der Waals surface area (Å²) in [5.74, 6) is -1.65. The van der Waals surface area contributed by atoms with Crippen LogP contribution in [-0.2, 0) is 16.3 Å². The van der Waals surface area contributed by atoms with Crippen LogP contribution in [0.15, 0.2) is 48.8 Å². The lowest BCUT2D eigenvalue weighted by Crippen LogP contribution is -2.42. The van der Waals surface area contributed by atoms with E-state index in [1.165, 1.54) is 23.8 Å². The highest BCUT2D eigenvalue weighted by molar-refractivity contribution is 5.95. The van der Waals surface area contributed by atoms with Crippen molar-refractivity contribution >= 4 is 18.0 Å². The van der Waals surface area contributed by atoms with Crippen molar-refractivity contribution < 1.29 is 28.8 Å². The molecule has 2 atom stereocenters. The summed E-state index contributed by atoms with van der Waals surface area (Å²) >= 11 is 0. The predicted octanol–water partition coefficient (Wildman–Crippen LogP) is 1.77. The molecule has 146 valence electrons. The van der Waals surface area contributed by atoms with Crippen LogP contribution in [0.5, 0.6) is 0 Å². The number of hydrogen-bond acceptors (Lipinski definition) is 4. The summed E-state index contributed by atoms with van der Waals surface area (Å²) in [5, 5.41) is 13.9. The molecule has 2 amide bonds. The molecule has 1 aromatic heterocycles. The number of nitrogens with one attached hydrogen (secondary N) is 2. The zero-order valence-corrected chi connectivity index (χ0v) is 15.8. The fraction of sp³-hybridized carbons (Fsp3) is 0.368. The minimum atomic E-state index is -1.13. The molecule has 0 aliphatic heterocycles. The van der Waals surface area contributed by atoms with Gasteiger partial charge >= 0.3 is 12.1 Å². The van der Waals surface area contributed by atoms with E-state index in [0.29, 0.717) is 6.42 Å². The Balaban J connectivity index is 2.55. The first-order valence-corrected chi connectivity index (χ1v) is 8.49. The van der Waals surface area contributed by atoms with Crippen molar-refractivity contribution in [1.29, 1.82) is 0 Å². The largest absolute Gasteiger partial charge is 0.480 e. The second-order valence-electron chi connectivity index (χ2n) is 6.11. The number of carboxylic acid groups (broad SMARTS) is 1. The van der Waals surface area contributed by atoms with Gasteiger partial charge in [0.05, 0.1) is 0 Å². The molecule has 0 spiro atoms. The Morgan fingerprint density at radius 3 is 2.67 bits per heavy atom. The third-order valence-electron chi connectivity index (χ3n) is 3.52. The van der Waals surface area contributed by atoms with E-state index in [0.717, 1.165) is 5.57 Å². The lowest BCUT2D eigenvalue weighted by atomic mass is 10.1. The maximum Gasteiger partial charge on any atom is 0.412 e. The zero-order chi connectivity index (χ0) is 20.4. The Morgan fingerprint density at radius 2 is 2.04 bits per heavy atom. The van der Waals surface area contributed by atoms with Crippen LogP contribution in [0.25, 0.3) is 0 Å². The third-order valence-corrected chi connectivity index (χ3v) is 3.52. The van der Waals surface area contributed by atoms with E-state index in [-0.39, 0.29) is 18.3 Å². The highest BCUT2D eigenvalue weighted by atomic mass is 16.6. The van der Waals surface area contributed by atoms with Gasteiger partial charge in [0, 0.05) is 12.1 Å². The Hall–Kier alpha value is -3.16. The summed E-state index contributed by atoms with van der Waals surface area (Å²) in [5.41, 5.74) is 1.15. The monoisotopic (exact) mass is 376 g/mol. The summed E-state index contributed by atoms with van der Waals surface area (Å²) in [4.78, 5) is 34.7. The van der Waals surface area contributed by atoms with Crippen LogP contribution < -0.4 is 15.2 Å². The molecule has 1 rings (SSSR count). The number of allylic oxidation sites excluding steroid dienone is 2. The number of pyridine rings is 1. The van der Waals surface area contributed by atoms with Gasteiger partial charge in [0.2, 0.25) is 0 Å². The predicted molar refractivity (Wildman–Crippen MR) is 98.9 cm³/mol. The molecule has 1 heterocycles. The molecule has 0 unspecified atom stereocenters. The summed E-state index contributed by atoms with van der Waals surface area (Å²) in [6.07, 6.45) is 6.86. The number of ether oxygens (including phenoxy) is 1. The molecule has 0 aromatic carbocycles. The molecule has 0 saturated heterocycles. The summed E-state index contributed by atoms with van der Waals surface area (Å²) < 4.78 is 6.64. The second kappa shape index (κ2) is 10.7. The highest BCUT2D eigenvalue weighted by Gasteiger charge is 2.18. The molecule has 8 nitrogen and oxygen atoms in total. The number of carboxylic acids is 1. The third kappa shape index (κ3) is 8.17. The van der Waals surface area contributed by atoms with Gasteiger partial charge in [-0.15, -0.1) is 0 Å². The Bertz CT molecular complexity index is 730. The standard InChI is InChI=1S/C19H25N3O5/c1-5-7-13(2)10-14(3)20-19(26)27-12-22-9-6-8-16(11-22)17(23)21-15(4)18(24)25/h5-9,11,14-15H,2,10,12H2,1,3-4H3,(H2-,20,21,23,24,25,26)/p+1/b7-5-/t14-,15-/m0/s1. The van der Waals surface area contributed by atoms with Crippen LogP contribution in [0.4, 0.5) is 4.79 Å². The molecule has 0 radical (unpaired) electrons. The minimum absolute atomic E-state index is 0.0933. The van der Waals surface area contributed by atoms with Crippen molar-refractivity contribution in [3.63, 3.8) is 0 Å². The molecule has 8 heteroatoms. The number of amides is 2. The first kappa shape index (κ1) is 21.9. The van der Waals surface area contributed by atoms with Crippen LogP contribution >= 0.6 is 0 Å². The number of aliphatic carboxylic acids is 1. The first-order chi connectivity index (χ1) is 12.7. The van der Waals surface area contributed by atoms with E-state index in [1.54, 1.807) is 12.3 Å². The molecule has 1 aromatic rings. The lowest BCUT2D eigenvalue weighted by molar-refractivity contribution is -0.727.